The van der Waals surface area contributed by atoms with Gasteiger partial charge < -0.3 is 14.8 Å². The van der Waals surface area contributed by atoms with E-state index >= 15 is 0 Å². The zero-order chi connectivity index (χ0) is 16.9. The van der Waals surface area contributed by atoms with Gasteiger partial charge in [0, 0.05) is 18.2 Å². The van der Waals surface area contributed by atoms with Crippen LogP contribution in [0.4, 0.5) is 0 Å². The van der Waals surface area contributed by atoms with Gasteiger partial charge in [0.1, 0.15) is 18.1 Å². The van der Waals surface area contributed by atoms with Crippen molar-refractivity contribution in [2.75, 3.05) is 14.2 Å². The lowest BCUT2D eigenvalue weighted by Crippen LogP contribution is -2.18. The number of benzene rings is 3. The summed E-state index contributed by atoms with van der Waals surface area (Å²) in [5.74, 6) is 1.34. The van der Waals surface area contributed by atoms with Crippen LogP contribution in [0.2, 0.25) is 0 Å². The van der Waals surface area contributed by atoms with Gasteiger partial charge in [0.15, 0.2) is 0 Å². The van der Waals surface area contributed by atoms with E-state index < -0.39 is 0 Å². The molecule has 122 valence electrons. The molecule has 1 N–H and O–H groups in total. The highest BCUT2D eigenvalue weighted by molar-refractivity contribution is 5.94. The van der Waals surface area contributed by atoms with Crippen LogP contribution in [-0.4, -0.2) is 20.1 Å². The number of ether oxygens (including phenoxy) is 2. The predicted octanol–water partition coefficient (Wildman–Crippen LogP) is 3.79. The van der Waals surface area contributed by atoms with Gasteiger partial charge in [-0.2, -0.15) is 0 Å². The van der Waals surface area contributed by atoms with Gasteiger partial charge in [0.05, 0.1) is 7.11 Å². The van der Waals surface area contributed by atoms with E-state index in [-0.39, 0.29) is 5.91 Å². The summed E-state index contributed by atoms with van der Waals surface area (Å²) in [6.07, 6.45) is 0. The molecule has 0 saturated heterocycles. The maximum Gasteiger partial charge on any atom is 0.251 e. The molecule has 0 radical (unpaired) electrons. The van der Waals surface area contributed by atoms with Gasteiger partial charge in [-0.25, -0.2) is 0 Å². The Kier molecular flexibility index (Phi) is 4.66. The van der Waals surface area contributed by atoms with Crippen LogP contribution < -0.4 is 14.8 Å². The summed E-state index contributed by atoms with van der Waals surface area (Å²) in [5.41, 5.74) is 1.40. The minimum atomic E-state index is -0.135. The summed E-state index contributed by atoms with van der Waals surface area (Å²) in [5, 5.41) is 4.92. The first kappa shape index (κ1) is 15.9. The van der Waals surface area contributed by atoms with Crippen LogP contribution in [0.3, 0.4) is 0 Å². The van der Waals surface area contributed by atoms with Crippen LogP contribution in [0, 0.1) is 0 Å². The summed E-state index contributed by atoms with van der Waals surface area (Å²) >= 11 is 0. The Labute approximate surface area is 141 Å². The van der Waals surface area contributed by atoms with Crippen molar-refractivity contribution in [2.45, 2.75) is 6.61 Å². The Morgan fingerprint density at radius 1 is 1.00 bits per heavy atom. The first-order valence-corrected chi connectivity index (χ1v) is 7.72. The predicted molar refractivity (Wildman–Crippen MR) is 94.7 cm³/mol. The Morgan fingerprint density at radius 2 is 1.79 bits per heavy atom. The largest absolute Gasteiger partial charge is 0.496 e. The van der Waals surface area contributed by atoms with Crippen LogP contribution in [0.1, 0.15) is 15.9 Å². The zero-order valence-electron chi connectivity index (χ0n) is 13.7. The molecule has 3 rings (SSSR count). The minimum absolute atomic E-state index is 0.135. The maximum atomic E-state index is 11.8. The van der Waals surface area contributed by atoms with Crippen LogP contribution in [0.25, 0.3) is 10.8 Å². The molecule has 0 heterocycles. The van der Waals surface area contributed by atoms with Gasteiger partial charge >= 0.3 is 0 Å². The molecule has 0 atom stereocenters. The van der Waals surface area contributed by atoms with E-state index in [0.29, 0.717) is 17.9 Å². The Bertz CT molecular complexity index is 874. The van der Waals surface area contributed by atoms with E-state index in [2.05, 4.69) is 17.4 Å². The van der Waals surface area contributed by atoms with E-state index in [1.807, 2.05) is 30.3 Å². The van der Waals surface area contributed by atoms with Crippen molar-refractivity contribution in [1.29, 1.82) is 0 Å². The number of carbonyl (C=O) groups excluding carboxylic acids is 1. The number of hydrogen-bond donors (Lipinski definition) is 1. The molecule has 0 aliphatic heterocycles. The fraction of sp³-hybridized carbons (Fsp3) is 0.150. The molecule has 0 fully saturated rings. The van der Waals surface area contributed by atoms with Crippen molar-refractivity contribution in [2.24, 2.45) is 0 Å². The van der Waals surface area contributed by atoms with Gasteiger partial charge in [0.25, 0.3) is 5.91 Å². The molecule has 0 spiro atoms. The van der Waals surface area contributed by atoms with Crippen LogP contribution in [0.15, 0.2) is 60.7 Å². The third-order valence-corrected chi connectivity index (χ3v) is 3.88. The van der Waals surface area contributed by atoms with E-state index in [1.165, 1.54) is 5.39 Å². The first-order valence-electron chi connectivity index (χ1n) is 7.72. The number of nitrogens with one attached hydrogen (secondary N) is 1. The summed E-state index contributed by atoms with van der Waals surface area (Å²) in [6, 6.07) is 19.4. The molecule has 0 aliphatic carbocycles. The average Bonchev–Trinajstić information content (AvgIpc) is 2.65. The third-order valence-electron chi connectivity index (χ3n) is 3.88. The maximum absolute atomic E-state index is 11.8. The van der Waals surface area contributed by atoms with Gasteiger partial charge in [-0.1, -0.05) is 30.3 Å². The topological polar surface area (TPSA) is 47.6 Å². The molecule has 0 aliphatic rings. The van der Waals surface area contributed by atoms with E-state index in [0.717, 1.165) is 16.7 Å². The molecule has 4 nitrogen and oxygen atoms in total. The molecular formula is C20H19NO3. The highest BCUT2D eigenvalue weighted by Crippen LogP contribution is 2.24. The van der Waals surface area contributed by atoms with Crippen molar-refractivity contribution < 1.29 is 14.3 Å². The van der Waals surface area contributed by atoms with Crippen LogP contribution in [0.5, 0.6) is 11.5 Å². The van der Waals surface area contributed by atoms with E-state index in [9.17, 15) is 4.79 Å². The molecule has 3 aromatic rings. The highest BCUT2D eigenvalue weighted by atomic mass is 16.5. The van der Waals surface area contributed by atoms with Crippen molar-refractivity contribution in [1.82, 2.24) is 5.32 Å². The third kappa shape index (κ3) is 3.33. The van der Waals surface area contributed by atoms with Gasteiger partial charge in [-0.05, 0) is 41.1 Å². The standard InChI is InChI=1S/C20H19NO3/c1-21-20(22)16-8-10-19(23-2)17(11-16)13-24-18-9-7-14-5-3-4-6-15(14)12-18/h3-12H,13H2,1-2H3,(H,21,22). The molecule has 1 amide bonds. The second-order valence-corrected chi connectivity index (χ2v) is 5.40. The summed E-state index contributed by atoms with van der Waals surface area (Å²) in [4.78, 5) is 11.8. The molecule has 0 aromatic heterocycles. The number of methoxy groups -OCH3 is 1. The molecule has 3 aromatic carbocycles. The number of rotatable bonds is 5. The molecule has 0 unspecified atom stereocenters. The van der Waals surface area contributed by atoms with E-state index in [4.69, 9.17) is 9.47 Å². The Hall–Kier alpha value is -3.01. The molecular weight excluding hydrogens is 302 g/mol. The lowest BCUT2D eigenvalue weighted by molar-refractivity contribution is 0.0963. The first-order chi connectivity index (χ1) is 11.7. The van der Waals surface area contributed by atoms with Crippen LogP contribution >= 0.6 is 0 Å². The Balaban J connectivity index is 1.82. The monoisotopic (exact) mass is 321 g/mol. The minimum Gasteiger partial charge on any atom is -0.496 e. The lowest BCUT2D eigenvalue weighted by Gasteiger charge is -2.12. The van der Waals surface area contributed by atoms with Crippen molar-refractivity contribution in [3.05, 3.63) is 71.8 Å². The van der Waals surface area contributed by atoms with E-state index in [1.54, 1.807) is 32.4 Å². The number of carbonyl (C=O) groups is 1. The van der Waals surface area contributed by atoms with Gasteiger partial charge in [0.2, 0.25) is 0 Å². The molecule has 24 heavy (non-hydrogen) atoms. The number of amides is 1. The lowest BCUT2D eigenvalue weighted by atomic mass is 10.1. The molecule has 0 bridgehead atoms. The van der Waals surface area contributed by atoms with Crippen molar-refractivity contribution >= 4 is 16.7 Å². The summed E-state index contributed by atoms with van der Waals surface area (Å²) in [7, 11) is 3.21. The van der Waals surface area contributed by atoms with Crippen molar-refractivity contribution in [3.63, 3.8) is 0 Å². The highest BCUT2D eigenvalue weighted by Gasteiger charge is 2.10. The SMILES string of the molecule is CNC(=O)c1ccc(OC)c(COc2ccc3ccccc3c2)c1. The van der Waals surface area contributed by atoms with Crippen molar-refractivity contribution in [3.8, 4) is 11.5 Å². The fourth-order valence-corrected chi connectivity index (χ4v) is 2.60. The van der Waals surface area contributed by atoms with Gasteiger partial charge in [-0.3, -0.25) is 4.79 Å². The summed E-state index contributed by atoms with van der Waals surface area (Å²) in [6.45, 7) is 0.326. The smallest absolute Gasteiger partial charge is 0.251 e. The number of fused-ring (bicyclic) bond motifs is 1. The molecule has 0 saturated carbocycles. The normalized spacial score (nSPS) is 10.4. The van der Waals surface area contributed by atoms with Crippen LogP contribution in [-0.2, 0) is 6.61 Å². The zero-order valence-corrected chi connectivity index (χ0v) is 13.7. The molecule has 4 heteroatoms. The van der Waals surface area contributed by atoms with Gasteiger partial charge in [-0.15, -0.1) is 0 Å². The summed E-state index contributed by atoms with van der Waals surface area (Å²) < 4.78 is 11.3. The quantitative estimate of drug-likeness (QED) is 0.778. The average molecular weight is 321 g/mol. The second-order valence-electron chi connectivity index (χ2n) is 5.40. The Morgan fingerprint density at radius 3 is 2.54 bits per heavy atom. The second kappa shape index (κ2) is 7.04. The fourth-order valence-electron chi connectivity index (χ4n) is 2.60. The number of hydrogen-bond acceptors (Lipinski definition) is 3.